The lowest BCUT2D eigenvalue weighted by Crippen LogP contribution is -1.98. The van der Waals surface area contributed by atoms with Gasteiger partial charge in [0.15, 0.2) is 5.82 Å². The largest absolute Gasteiger partial charge is 0.231 e. The molecule has 0 saturated carbocycles. The van der Waals surface area contributed by atoms with Crippen LogP contribution < -0.4 is 0 Å². The zero-order valence-electron chi connectivity index (χ0n) is 33.2. The van der Waals surface area contributed by atoms with Gasteiger partial charge in [0.25, 0.3) is 0 Å². The van der Waals surface area contributed by atoms with Crippen molar-refractivity contribution in [2.75, 3.05) is 0 Å². The minimum absolute atomic E-state index is 0.652. The summed E-state index contributed by atoms with van der Waals surface area (Å²) in [5, 5.41) is 7.62. The van der Waals surface area contributed by atoms with E-state index in [0.29, 0.717) is 5.82 Å². The van der Waals surface area contributed by atoms with E-state index in [0.717, 1.165) is 100 Å². The maximum atomic E-state index is 5.45. The quantitative estimate of drug-likeness (QED) is 0.154. The fourth-order valence-corrected chi connectivity index (χ4v) is 8.42. The Morgan fingerprint density at radius 1 is 0.311 bits per heavy atom. The maximum Gasteiger partial charge on any atom is 0.160 e. The van der Waals surface area contributed by atoms with E-state index in [4.69, 9.17) is 15.1 Å². The number of nitrogens with zero attached hydrogens (tertiary/aromatic N) is 4. The van der Waals surface area contributed by atoms with Gasteiger partial charge in [-0.15, -0.1) is 0 Å². The van der Waals surface area contributed by atoms with Gasteiger partial charge in [0.1, 0.15) is 5.69 Å². The Hall–Kier alpha value is -8.21. The Labute approximate surface area is 354 Å². The summed E-state index contributed by atoms with van der Waals surface area (Å²) in [6.07, 6.45) is 0. The molecular formula is C57H38N4. The Morgan fingerprint density at radius 3 is 1.31 bits per heavy atom. The predicted molar refractivity (Wildman–Crippen MR) is 252 cm³/mol. The van der Waals surface area contributed by atoms with Crippen LogP contribution in [-0.2, 0) is 0 Å². The van der Waals surface area contributed by atoms with Crippen LogP contribution >= 0.6 is 0 Å². The highest BCUT2D eigenvalue weighted by Crippen LogP contribution is 2.42. The molecule has 11 rings (SSSR count). The van der Waals surface area contributed by atoms with Gasteiger partial charge in [-0.1, -0.05) is 200 Å². The molecule has 286 valence electrons. The maximum absolute atomic E-state index is 5.45. The molecule has 4 nitrogen and oxygen atoms in total. The number of aromatic nitrogens is 4. The summed E-state index contributed by atoms with van der Waals surface area (Å²) in [6.45, 7) is 0. The summed E-state index contributed by atoms with van der Waals surface area (Å²) in [5.41, 5.74) is 16.6. The molecule has 0 fully saturated rings. The first-order valence-electron chi connectivity index (χ1n) is 20.6. The summed E-state index contributed by atoms with van der Waals surface area (Å²) < 4.78 is 2.14. The SMILES string of the molecule is c1ccc(-c2cccc(-c3cc(-c4cccc(-c5ccccc5)c4)nc(-c4ccc5cc(-c6ccccc6)n6nc(-c7ccccc7)c(-c7ccccc7)c6c5c4)n3)c2)cc1. The molecule has 3 heterocycles. The second-order valence-corrected chi connectivity index (χ2v) is 15.3. The van der Waals surface area contributed by atoms with Gasteiger partial charge < -0.3 is 0 Å². The van der Waals surface area contributed by atoms with Crippen molar-refractivity contribution in [3.63, 3.8) is 0 Å². The minimum atomic E-state index is 0.652. The molecule has 61 heavy (non-hydrogen) atoms. The summed E-state index contributed by atoms with van der Waals surface area (Å²) in [6, 6.07) is 80.9. The van der Waals surface area contributed by atoms with Crippen molar-refractivity contribution in [1.29, 1.82) is 0 Å². The summed E-state index contributed by atoms with van der Waals surface area (Å²) in [5.74, 6) is 0.652. The van der Waals surface area contributed by atoms with Crippen molar-refractivity contribution in [2.45, 2.75) is 0 Å². The van der Waals surface area contributed by atoms with E-state index in [1.54, 1.807) is 0 Å². The first-order valence-corrected chi connectivity index (χ1v) is 20.6. The van der Waals surface area contributed by atoms with E-state index < -0.39 is 0 Å². The lowest BCUT2D eigenvalue weighted by atomic mass is 9.96. The molecule has 0 aliphatic rings. The minimum Gasteiger partial charge on any atom is -0.231 e. The monoisotopic (exact) mass is 778 g/mol. The molecule has 0 saturated heterocycles. The lowest BCUT2D eigenvalue weighted by molar-refractivity contribution is 0.979. The molecule has 8 aromatic carbocycles. The van der Waals surface area contributed by atoms with Crippen molar-refractivity contribution in [3.8, 4) is 89.8 Å². The van der Waals surface area contributed by atoms with E-state index in [1.807, 2.05) is 0 Å². The van der Waals surface area contributed by atoms with Crippen molar-refractivity contribution < 1.29 is 0 Å². The van der Waals surface area contributed by atoms with Crippen LogP contribution in [-0.4, -0.2) is 19.6 Å². The van der Waals surface area contributed by atoms with Crippen LogP contribution in [0.3, 0.4) is 0 Å². The van der Waals surface area contributed by atoms with E-state index >= 15 is 0 Å². The molecule has 0 aliphatic carbocycles. The van der Waals surface area contributed by atoms with Crippen LogP contribution in [0.5, 0.6) is 0 Å². The zero-order chi connectivity index (χ0) is 40.5. The van der Waals surface area contributed by atoms with Crippen LogP contribution in [0.15, 0.2) is 231 Å². The smallest absolute Gasteiger partial charge is 0.160 e. The van der Waals surface area contributed by atoms with Gasteiger partial charge in [-0.05, 0) is 63.5 Å². The zero-order valence-corrected chi connectivity index (χ0v) is 33.2. The second kappa shape index (κ2) is 15.5. The van der Waals surface area contributed by atoms with Gasteiger partial charge in [-0.3, -0.25) is 0 Å². The molecule has 11 aromatic rings. The average Bonchev–Trinajstić information content (AvgIpc) is 3.76. The number of hydrogen-bond donors (Lipinski definition) is 0. The predicted octanol–water partition coefficient (Wildman–Crippen LogP) is 14.6. The third-order valence-corrected chi connectivity index (χ3v) is 11.4. The van der Waals surface area contributed by atoms with Crippen LogP contribution in [0.2, 0.25) is 0 Å². The van der Waals surface area contributed by atoms with Crippen molar-refractivity contribution >= 4 is 16.3 Å². The summed E-state index contributed by atoms with van der Waals surface area (Å²) in [4.78, 5) is 10.7. The van der Waals surface area contributed by atoms with Gasteiger partial charge in [0.05, 0.1) is 22.6 Å². The fourth-order valence-electron chi connectivity index (χ4n) is 8.42. The lowest BCUT2D eigenvalue weighted by Gasteiger charge is -2.14. The molecule has 0 aliphatic heterocycles. The van der Waals surface area contributed by atoms with Crippen molar-refractivity contribution in [1.82, 2.24) is 19.6 Å². The van der Waals surface area contributed by atoms with Crippen LogP contribution in [0.1, 0.15) is 0 Å². The normalized spacial score (nSPS) is 11.3. The molecule has 0 atom stereocenters. The average molecular weight is 779 g/mol. The standard InChI is InChI=1S/C57H38N4/c1-6-18-39(19-7-1)44-28-16-30-47(34-44)51-38-52(48-31-17-29-45(35-48)40-20-8-2-9-21-40)59-57(58-51)49-33-32-46-37-53(41-22-10-3-11-23-41)61-56(50(46)36-49)54(42-24-12-4-13-25-42)55(60-61)43-26-14-5-15-27-43/h1-38H. The Kier molecular flexibility index (Phi) is 9.14. The fraction of sp³-hybridized carbons (Fsp3) is 0. The highest BCUT2D eigenvalue weighted by atomic mass is 15.2. The van der Waals surface area contributed by atoms with E-state index in [2.05, 4.69) is 235 Å². The van der Waals surface area contributed by atoms with Crippen LogP contribution in [0.4, 0.5) is 0 Å². The van der Waals surface area contributed by atoms with E-state index in [1.165, 1.54) is 0 Å². The summed E-state index contributed by atoms with van der Waals surface area (Å²) in [7, 11) is 0. The van der Waals surface area contributed by atoms with Gasteiger partial charge in [0.2, 0.25) is 0 Å². The van der Waals surface area contributed by atoms with Gasteiger partial charge >= 0.3 is 0 Å². The molecule has 0 spiro atoms. The second-order valence-electron chi connectivity index (χ2n) is 15.3. The molecule has 0 radical (unpaired) electrons. The van der Waals surface area contributed by atoms with Crippen molar-refractivity contribution in [2.24, 2.45) is 0 Å². The third-order valence-electron chi connectivity index (χ3n) is 11.4. The molecule has 0 unspecified atom stereocenters. The van der Waals surface area contributed by atoms with Gasteiger partial charge in [-0.2, -0.15) is 5.10 Å². The molecule has 4 heteroatoms. The highest BCUT2D eigenvalue weighted by molar-refractivity contribution is 6.09. The topological polar surface area (TPSA) is 43.1 Å². The number of pyridine rings is 1. The molecule has 0 N–H and O–H groups in total. The molecule has 0 amide bonds. The Balaban J connectivity index is 1.16. The highest BCUT2D eigenvalue weighted by Gasteiger charge is 2.22. The summed E-state index contributed by atoms with van der Waals surface area (Å²) >= 11 is 0. The number of hydrogen-bond acceptors (Lipinski definition) is 3. The Morgan fingerprint density at radius 2 is 0.770 bits per heavy atom. The number of benzene rings is 8. The van der Waals surface area contributed by atoms with Crippen LogP contribution in [0, 0.1) is 0 Å². The van der Waals surface area contributed by atoms with E-state index in [-0.39, 0.29) is 0 Å². The first kappa shape index (κ1) is 35.9. The molecule has 0 bridgehead atoms. The van der Waals surface area contributed by atoms with E-state index in [9.17, 15) is 0 Å². The van der Waals surface area contributed by atoms with Gasteiger partial charge in [-0.25, -0.2) is 14.5 Å². The third kappa shape index (κ3) is 6.86. The number of rotatable bonds is 8. The first-order chi connectivity index (χ1) is 30.2. The molecule has 3 aromatic heterocycles. The van der Waals surface area contributed by atoms with Crippen molar-refractivity contribution in [3.05, 3.63) is 231 Å². The van der Waals surface area contributed by atoms with Crippen LogP contribution in [0.25, 0.3) is 106 Å². The Bertz CT molecular complexity index is 3220. The molecular weight excluding hydrogens is 741 g/mol. The van der Waals surface area contributed by atoms with Gasteiger partial charge in [0, 0.05) is 38.8 Å². The number of fused-ring (bicyclic) bond motifs is 3.